The lowest BCUT2D eigenvalue weighted by atomic mass is 9.98. The quantitative estimate of drug-likeness (QED) is 0.375. The second-order valence-corrected chi connectivity index (χ2v) is 7.76. The highest BCUT2D eigenvalue weighted by Gasteiger charge is 2.12. The highest BCUT2D eigenvalue weighted by Crippen LogP contribution is 2.23. The third kappa shape index (κ3) is 5.22. The van der Waals surface area contributed by atoms with Gasteiger partial charge in [-0.2, -0.15) is 5.26 Å². The maximum absolute atomic E-state index is 12.7. The van der Waals surface area contributed by atoms with Crippen LogP contribution in [0.3, 0.4) is 0 Å². The van der Waals surface area contributed by atoms with Gasteiger partial charge in [0, 0.05) is 10.2 Å². The standard InChI is InChI=1S/C25H21BrN2O/c1-17-11-12-24(18(2)13-17)28-25(29)22(16-27)15-20-8-4-3-7-19(20)14-21-9-5-6-10-23(21)26/h3-13,15H,14H2,1-2H3,(H,28,29)/b22-15+. The Labute approximate surface area is 179 Å². The molecule has 0 spiro atoms. The summed E-state index contributed by atoms with van der Waals surface area (Å²) >= 11 is 3.58. The molecule has 4 heteroatoms. The van der Waals surface area contributed by atoms with Crippen LogP contribution in [0.5, 0.6) is 0 Å². The number of amides is 1. The van der Waals surface area contributed by atoms with Gasteiger partial charge < -0.3 is 5.32 Å². The summed E-state index contributed by atoms with van der Waals surface area (Å²) in [5.41, 5.74) is 5.92. The van der Waals surface area contributed by atoms with Crippen LogP contribution in [0.4, 0.5) is 5.69 Å². The Kier molecular flexibility index (Phi) is 6.64. The first-order valence-electron chi connectivity index (χ1n) is 9.29. The van der Waals surface area contributed by atoms with Gasteiger partial charge >= 0.3 is 0 Å². The van der Waals surface area contributed by atoms with Crippen LogP contribution in [-0.2, 0) is 11.2 Å². The zero-order valence-corrected chi connectivity index (χ0v) is 18.0. The number of hydrogen-bond donors (Lipinski definition) is 1. The van der Waals surface area contributed by atoms with Crippen molar-refractivity contribution in [3.63, 3.8) is 0 Å². The number of nitrogens with one attached hydrogen (secondary N) is 1. The van der Waals surface area contributed by atoms with Crippen LogP contribution in [0, 0.1) is 25.2 Å². The van der Waals surface area contributed by atoms with Crippen LogP contribution >= 0.6 is 15.9 Å². The predicted octanol–water partition coefficient (Wildman–Crippen LogP) is 6.20. The highest BCUT2D eigenvalue weighted by molar-refractivity contribution is 9.10. The van der Waals surface area contributed by atoms with E-state index < -0.39 is 5.91 Å². The molecule has 0 aliphatic rings. The Morgan fingerprint density at radius 1 is 1.03 bits per heavy atom. The van der Waals surface area contributed by atoms with Crippen molar-refractivity contribution >= 4 is 33.6 Å². The molecular weight excluding hydrogens is 424 g/mol. The monoisotopic (exact) mass is 444 g/mol. The number of rotatable bonds is 5. The van der Waals surface area contributed by atoms with Crippen LogP contribution in [0.15, 0.2) is 76.8 Å². The number of nitrogens with zero attached hydrogens (tertiary/aromatic N) is 1. The normalized spacial score (nSPS) is 11.0. The van der Waals surface area contributed by atoms with Gasteiger partial charge in [-0.1, -0.05) is 76.1 Å². The Morgan fingerprint density at radius 2 is 1.72 bits per heavy atom. The van der Waals surface area contributed by atoms with Crippen LogP contribution in [-0.4, -0.2) is 5.91 Å². The van der Waals surface area contributed by atoms with Gasteiger partial charge in [0.05, 0.1) is 0 Å². The molecule has 0 saturated heterocycles. The Bertz CT molecular complexity index is 1130. The molecule has 144 valence electrons. The van der Waals surface area contributed by atoms with E-state index in [1.54, 1.807) is 6.08 Å². The van der Waals surface area contributed by atoms with Crippen molar-refractivity contribution in [1.29, 1.82) is 5.26 Å². The van der Waals surface area contributed by atoms with Gasteiger partial charge in [-0.05, 0) is 60.7 Å². The molecule has 3 aromatic carbocycles. The van der Waals surface area contributed by atoms with Gasteiger partial charge in [0.2, 0.25) is 0 Å². The Morgan fingerprint density at radius 3 is 2.41 bits per heavy atom. The molecule has 3 rings (SSSR count). The largest absolute Gasteiger partial charge is 0.321 e. The SMILES string of the molecule is Cc1ccc(NC(=O)/C(C#N)=C/c2ccccc2Cc2ccccc2Br)c(C)c1. The summed E-state index contributed by atoms with van der Waals surface area (Å²) in [5, 5.41) is 12.4. The number of aryl methyl sites for hydroxylation is 2. The average molecular weight is 445 g/mol. The van der Waals surface area contributed by atoms with Crippen molar-refractivity contribution in [3.05, 3.63) is 105 Å². The molecule has 0 aliphatic carbocycles. The van der Waals surface area contributed by atoms with Crippen molar-refractivity contribution in [1.82, 2.24) is 0 Å². The van der Waals surface area contributed by atoms with Crippen molar-refractivity contribution in [2.75, 3.05) is 5.32 Å². The van der Waals surface area contributed by atoms with Crippen molar-refractivity contribution < 1.29 is 4.79 Å². The van der Waals surface area contributed by atoms with Crippen molar-refractivity contribution in [3.8, 4) is 6.07 Å². The summed E-state index contributed by atoms with van der Waals surface area (Å²) in [6.45, 7) is 3.94. The van der Waals surface area contributed by atoms with Gasteiger partial charge in [0.25, 0.3) is 5.91 Å². The zero-order valence-electron chi connectivity index (χ0n) is 16.4. The van der Waals surface area contributed by atoms with E-state index in [0.717, 1.165) is 32.3 Å². The fourth-order valence-corrected chi connectivity index (χ4v) is 3.56. The van der Waals surface area contributed by atoms with Gasteiger partial charge in [0.1, 0.15) is 11.6 Å². The van der Waals surface area contributed by atoms with Gasteiger partial charge in [-0.3, -0.25) is 4.79 Å². The molecule has 0 bridgehead atoms. The lowest BCUT2D eigenvalue weighted by molar-refractivity contribution is -0.112. The molecule has 0 aromatic heterocycles. The average Bonchev–Trinajstić information content (AvgIpc) is 2.71. The fraction of sp³-hybridized carbons (Fsp3) is 0.120. The molecule has 0 radical (unpaired) electrons. The number of halogens is 1. The molecule has 0 fully saturated rings. The van der Waals surface area contributed by atoms with E-state index in [4.69, 9.17) is 0 Å². The van der Waals surface area contributed by atoms with E-state index in [1.165, 1.54) is 0 Å². The molecule has 0 aliphatic heterocycles. The first-order valence-corrected chi connectivity index (χ1v) is 10.1. The molecule has 3 nitrogen and oxygen atoms in total. The van der Waals surface area contributed by atoms with E-state index in [2.05, 4.69) is 27.3 Å². The third-order valence-corrected chi connectivity index (χ3v) is 5.46. The van der Waals surface area contributed by atoms with Crippen molar-refractivity contribution in [2.45, 2.75) is 20.3 Å². The topological polar surface area (TPSA) is 52.9 Å². The number of nitriles is 1. The number of carbonyl (C=O) groups is 1. The summed E-state index contributed by atoms with van der Waals surface area (Å²) in [7, 11) is 0. The molecule has 0 heterocycles. The Hall–Kier alpha value is -3.16. The number of anilines is 1. The molecule has 29 heavy (non-hydrogen) atoms. The molecule has 0 atom stereocenters. The predicted molar refractivity (Wildman–Crippen MR) is 122 cm³/mol. The van der Waals surface area contributed by atoms with E-state index in [0.29, 0.717) is 12.1 Å². The lowest BCUT2D eigenvalue weighted by Crippen LogP contribution is -2.14. The molecule has 3 aromatic rings. The van der Waals surface area contributed by atoms with Gasteiger partial charge in [-0.15, -0.1) is 0 Å². The highest BCUT2D eigenvalue weighted by atomic mass is 79.9. The first-order chi connectivity index (χ1) is 14.0. The second kappa shape index (κ2) is 9.36. The number of benzene rings is 3. The minimum atomic E-state index is -0.407. The molecule has 0 unspecified atom stereocenters. The summed E-state index contributed by atoms with van der Waals surface area (Å²) in [6.07, 6.45) is 2.36. The number of carbonyl (C=O) groups excluding carboxylic acids is 1. The minimum Gasteiger partial charge on any atom is -0.321 e. The zero-order chi connectivity index (χ0) is 20.8. The minimum absolute atomic E-state index is 0.0737. The lowest BCUT2D eigenvalue weighted by Gasteiger charge is -2.10. The summed E-state index contributed by atoms with van der Waals surface area (Å²) in [6, 6.07) is 23.7. The van der Waals surface area contributed by atoms with Crippen LogP contribution < -0.4 is 5.32 Å². The van der Waals surface area contributed by atoms with E-state index in [-0.39, 0.29) is 5.57 Å². The van der Waals surface area contributed by atoms with E-state index in [9.17, 15) is 10.1 Å². The van der Waals surface area contributed by atoms with Crippen molar-refractivity contribution in [2.24, 2.45) is 0 Å². The van der Waals surface area contributed by atoms with Gasteiger partial charge in [-0.25, -0.2) is 0 Å². The van der Waals surface area contributed by atoms with Crippen LogP contribution in [0.1, 0.15) is 27.8 Å². The second-order valence-electron chi connectivity index (χ2n) is 6.91. The van der Waals surface area contributed by atoms with E-state index in [1.807, 2.05) is 80.6 Å². The maximum atomic E-state index is 12.7. The molecule has 0 saturated carbocycles. The third-order valence-electron chi connectivity index (χ3n) is 4.69. The van der Waals surface area contributed by atoms with Gasteiger partial charge in [0.15, 0.2) is 0 Å². The maximum Gasteiger partial charge on any atom is 0.266 e. The first kappa shape index (κ1) is 20.6. The Balaban J connectivity index is 1.88. The van der Waals surface area contributed by atoms with Crippen LogP contribution in [0.25, 0.3) is 6.08 Å². The van der Waals surface area contributed by atoms with E-state index >= 15 is 0 Å². The molecule has 1 amide bonds. The summed E-state index contributed by atoms with van der Waals surface area (Å²) in [5.74, 6) is -0.407. The fourth-order valence-electron chi connectivity index (χ4n) is 3.13. The number of hydrogen-bond acceptors (Lipinski definition) is 2. The summed E-state index contributed by atoms with van der Waals surface area (Å²) in [4.78, 5) is 12.7. The molecular formula is C25H21BrN2O. The molecule has 1 N–H and O–H groups in total. The van der Waals surface area contributed by atoms with Crippen LogP contribution in [0.2, 0.25) is 0 Å². The smallest absolute Gasteiger partial charge is 0.266 e. The summed E-state index contributed by atoms with van der Waals surface area (Å²) < 4.78 is 1.03.